The maximum Gasteiger partial charge on any atom is 0.328 e. The van der Waals surface area contributed by atoms with E-state index < -0.39 is 7.60 Å². The quantitative estimate of drug-likeness (QED) is 0.225. The van der Waals surface area contributed by atoms with Crippen LogP contribution < -0.4 is 0 Å². The van der Waals surface area contributed by atoms with Crippen LogP contribution in [0.15, 0.2) is 0 Å². The van der Waals surface area contributed by atoms with Crippen molar-refractivity contribution in [2.24, 2.45) is 0 Å². The number of rotatable bonds is 17. The number of hydrogen-bond donors (Lipinski definition) is 1. The number of likely N-dealkylation sites (N-methyl/N-ethyl adjacent to an activating group) is 1. The van der Waals surface area contributed by atoms with Crippen LogP contribution in [0.3, 0.4) is 0 Å². The van der Waals surface area contributed by atoms with Gasteiger partial charge in [0.2, 0.25) is 0 Å². The first-order valence-corrected chi connectivity index (χ1v) is 11.7. The number of ketones is 1. The lowest BCUT2D eigenvalue weighted by molar-refractivity contribution is -0.870. The average Bonchev–Trinajstić information content (AvgIpc) is 2.50. The molecule has 0 rings (SSSR count). The zero-order chi connectivity index (χ0) is 19.2. The molecule has 1 unspecified atom stereocenters. The molecule has 6 heteroatoms. The van der Waals surface area contributed by atoms with Crippen LogP contribution in [0.2, 0.25) is 0 Å². The number of unbranched alkanes of at least 4 members (excludes halogenated alkanes) is 8. The second-order valence-corrected chi connectivity index (χ2v) is 10.1. The predicted molar refractivity (Wildman–Crippen MR) is 105 cm³/mol. The minimum absolute atomic E-state index is 0.0552. The normalized spacial score (nSPS) is 14.4. The van der Waals surface area contributed by atoms with E-state index in [0.29, 0.717) is 17.4 Å². The van der Waals surface area contributed by atoms with Crippen LogP contribution in [0.4, 0.5) is 0 Å². The van der Waals surface area contributed by atoms with E-state index in [9.17, 15) is 14.3 Å². The van der Waals surface area contributed by atoms with Gasteiger partial charge in [0, 0.05) is 12.8 Å². The Morgan fingerprint density at radius 2 is 1.44 bits per heavy atom. The standard InChI is InChI=1S/C19H40NO4P/c1-5-6-7-8-9-10-11-12-13-14-19(21)15-18-25(22,23)24-17-16-20(2,3)4/h5-18H2,1-4H3/p+1. The van der Waals surface area contributed by atoms with Gasteiger partial charge in [0.15, 0.2) is 0 Å². The van der Waals surface area contributed by atoms with Crippen LogP contribution in [-0.2, 0) is 13.9 Å². The fourth-order valence-electron chi connectivity index (χ4n) is 2.55. The smallest absolute Gasteiger partial charge is 0.328 e. The van der Waals surface area contributed by atoms with Gasteiger partial charge in [-0.05, 0) is 6.42 Å². The molecule has 1 atom stereocenters. The molecule has 0 heterocycles. The number of hydrogen-bond acceptors (Lipinski definition) is 3. The Kier molecular flexibility index (Phi) is 13.8. The predicted octanol–water partition coefficient (Wildman–Crippen LogP) is 4.77. The Labute approximate surface area is 155 Å². The summed E-state index contributed by atoms with van der Waals surface area (Å²) in [5.41, 5.74) is 0. The summed E-state index contributed by atoms with van der Waals surface area (Å²) >= 11 is 0. The second-order valence-electron chi connectivity index (χ2n) is 8.08. The largest absolute Gasteiger partial charge is 0.329 e. The summed E-state index contributed by atoms with van der Waals surface area (Å²) in [6.45, 7) is 3.13. The van der Waals surface area contributed by atoms with Gasteiger partial charge in [-0.25, -0.2) is 0 Å². The molecule has 0 spiro atoms. The van der Waals surface area contributed by atoms with Gasteiger partial charge in [0.05, 0.1) is 27.3 Å². The van der Waals surface area contributed by atoms with E-state index in [1.807, 2.05) is 21.1 Å². The molecule has 1 N–H and O–H groups in total. The Balaban J connectivity index is 3.60. The van der Waals surface area contributed by atoms with Crippen molar-refractivity contribution in [2.45, 2.75) is 77.6 Å². The molecule has 0 saturated carbocycles. The van der Waals surface area contributed by atoms with Gasteiger partial charge < -0.3 is 13.9 Å². The van der Waals surface area contributed by atoms with Gasteiger partial charge in [0.1, 0.15) is 18.9 Å². The molecular formula is C19H41NO4P+. The SMILES string of the molecule is CCCCCCCCCCCC(=O)CCP(=O)(O)OCC[N+](C)(C)C. The van der Waals surface area contributed by atoms with E-state index >= 15 is 0 Å². The minimum Gasteiger partial charge on any atom is -0.329 e. The topological polar surface area (TPSA) is 63.6 Å². The van der Waals surface area contributed by atoms with Crippen LogP contribution in [0.5, 0.6) is 0 Å². The molecule has 0 bridgehead atoms. The Morgan fingerprint density at radius 3 is 1.96 bits per heavy atom. The highest BCUT2D eigenvalue weighted by atomic mass is 31.2. The first kappa shape index (κ1) is 24.8. The Morgan fingerprint density at radius 1 is 0.920 bits per heavy atom. The third-order valence-corrected chi connectivity index (χ3v) is 5.66. The van der Waals surface area contributed by atoms with Crippen molar-refractivity contribution in [1.82, 2.24) is 0 Å². The van der Waals surface area contributed by atoms with Crippen LogP contribution >= 0.6 is 7.60 Å². The summed E-state index contributed by atoms with van der Waals surface area (Å²) in [5, 5.41) is 0. The zero-order valence-electron chi connectivity index (χ0n) is 17.0. The van der Waals surface area contributed by atoms with Crippen molar-refractivity contribution in [3.63, 3.8) is 0 Å². The molecule has 0 aliphatic carbocycles. The van der Waals surface area contributed by atoms with Gasteiger partial charge in [-0.1, -0.05) is 58.3 Å². The average molecular weight is 379 g/mol. The van der Waals surface area contributed by atoms with E-state index in [-0.39, 0.29) is 25.0 Å². The third kappa shape index (κ3) is 18.4. The number of carbonyl (C=O) groups is 1. The van der Waals surface area contributed by atoms with Crippen molar-refractivity contribution < 1.29 is 23.3 Å². The fourth-order valence-corrected chi connectivity index (χ4v) is 3.57. The molecule has 5 nitrogen and oxygen atoms in total. The summed E-state index contributed by atoms with van der Waals surface area (Å²) < 4.78 is 17.7. The van der Waals surface area contributed by atoms with Gasteiger partial charge in [0.25, 0.3) is 0 Å². The van der Waals surface area contributed by atoms with Crippen molar-refractivity contribution in [3.8, 4) is 0 Å². The molecule has 0 aliphatic heterocycles. The number of nitrogens with zero attached hydrogens (tertiary/aromatic N) is 1. The van der Waals surface area contributed by atoms with Crippen LogP contribution in [0.25, 0.3) is 0 Å². The maximum absolute atomic E-state index is 11.9. The highest BCUT2D eigenvalue weighted by Crippen LogP contribution is 2.42. The lowest BCUT2D eigenvalue weighted by Crippen LogP contribution is -2.37. The molecule has 0 aromatic heterocycles. The van der Waals surface area contributed by atoms with Crippen molar-refractivity contribution in [3.05, 3.63) is 0 Å². The highest BCUT2D eigenvalue weighted by Gasteiger charge is 2.22. The molecule has 0 saturated heterocycles. The second kappa shape index (κ2) is 13.9. The molecule has 0 aromatic carbocycles. The Hall–Kier alpha value is -0.220. The summed E-state index contributed by atoms with van der Waals surface area (Å²) in [5.74, 6) is 0.0763. The Bertz CT molecular complexity index is 393. The van der Waals surface area contributed by atoms with E-state index in [1.54, 1.807) is 0 Å². The lowest BCUT2D eigenvalue weighted by Gasteiger charge is -2.24. The summed E-state index contributed by atoms with van der Waals surface area (Å²) in [6, 6.07) is 0. The van der Waals surface area contributed by atoms with Crippen LogP contribution in [0, 0.1) is 0 Å². The zero-order valence-corrected chi connectivity index (χ0v) is 17.9. The highest BCUT2D eigenvalue weighted by molar-refractivity contribution is 7.52. The van der Waals surface area contributed by atoms with Gasteiger partial charge in [-0.3, -0.25) is 9.36 Å². The van der Waals surface area contributed by atoms with Crippen molar-refractivity contribution in [1.29, 1.82) is 0 Å². The first-order valence-electron chi connectivity index (χ1n) is 9.95. The van der Waals surface area contributed by atoms with Crippen LogP contribution in [-0.4, -0.2) is 55.6 Å². The fraction of sp³-hybridized carbons (Fsp3) is 0.947. The molecule has 25 heavy (non-hydrogen) atoms. The van der Waals surface area contributed by atoms with Gasteiger partial charge >= 0.3 is 7.60 Å². The minimum atomic E-state index is -3.63. The van der Waals surface area contributed by atoms with E-state index in [4.69, 9.17) is 4.52 Å². The summed E-state index contributed by atoms with van der Waals surface area (Å²) in [4.78, 5) is 21.6. The molecule has 0 aliphatic rings. The van der Waals surface area contributed by atoms with E-state index in [1.165, 1.54) is 44.9 Å². The van der Waals surface area contributed by atoms with Crippen molar-refractivity contribution >= 4 is 13.4 Å². The molecule has 0 fully saturated rings. The van der Waals surface area contributed by atoms with E-state index in [0.717, 1.165) is 12.8 Å². The van der Waals surface area contributed by atoms with Crippen molar-refractivity contribution in [2.75, 3.05) is 40.5 Å². The van der Waals surface area contributed by atoms with Crippen LogP contribution in [0.1, 0.15) is 77.6 Å². The molecule has 0 radical (unpaired) electrons. The van der Waals surface area contributed by atoms with E-state index in [2.05, 4.69) is 6.92 Å². The van der Waals surface area contributed by atoms with Gasteiger partial charge in [-0.2, -0.15) is 0 Å². The number of quaternary nitrogens is 1. The summed E-state index contributed by atoms with van der Waals surface area (Å²) in [6.07, 6.45) is 11.6. The lowest BCUT2D eigenvalue weighted by atomic mass is 10.1. The van der Waals surface area contributed by atoms with Gasteiger partial charge in [-0.15, -0.1) is 0 Å². The molecule has 0 amide bonds. The third-order valence-electron chi connectivity index (χ3n) is 4.29. The summed E-state index contributed by atoms with van der Waals surface area (Å²) in [7, 11) is 2.37. The monoisotopic (exact) mass is 378 g/mol. The number of carbonyl (C=O) groups excluding carboxylic acids is 1. The number of Topliss-reactive ketones (excluding diaryl/α,β-unsaturated/α-hetero) is 1. The first-order chi connectivity index (χ1) is 11.7. The maximum atomic E-state index is 11.9. The molecule has 150 valence electrons. The molecule has 0 aromatic rings. The molecular weight excluding hydrogens is 337 g/mol.